The highest BCUT2D eigenvalue weighted by Gasteiger charge is 2.42. The van der Waals surface area contributed by atoms with Crippen LogP contribution in [0, 0.1) is 11.8 Å². The fourth-order valence-electron chi connectivity index (χ4n) is 7.86. The first kappa shape index (κ1) is 64.7. The van der Waals surface area contributed by atoms with Gasteiger partial charge >= 0.3 is 11.9 Å². The number of nitrogens with zero attached hydrogens (tertiary/aromatic N) is 2. The molecular weight excluding hydrogens is 999 g/mol. The van der Waals surface area contributed by atoms with Crippen molar-refractivity contribution in [2.24, 2.45) is 39.8 Å². The molecule has 9 amide bonds. The maximum atomic E-state index is 14.4. The zero-order valence-corrected chi connectivity index (χ0v) is 43.7. The fourth-order valence-corrected chi connectivity index (χ4v) is 7.86. The summed E-state index contributed by atoms with van der Waals surface area (Å²) in [6, 6.07) is -5.28. The Labute approximate surface area is 440 Å². The number of aliphatic hydroxyl groups excluding tert-OH is 2. The Bertz CT molecular complexity index is 2230. The summed E-state index contributed by atoms with van der Waals surface area (Å²) < 4.78 is 0. The average molecular weight is 1080 g/mol. The van der Waals surface area contributed by atoms with Gasteiger partial charge in [0.2, 0.25) is 53.2 Å². The monoisotopic (exact) mass is 1080 g/mol. The van der Waals surface area contributed by atoms with Gasteiger partial charge in [-0.1, -0.05) is 64.4 Å². The maximum absolute atomic E-state index is 14.4. The molecule has 1 aromatic rings. The highest BCUT2D eigenvalue weighted by Crippen LogP contribution is 2.22. The number of aliphatic hydroxyl groups is 2. The van der Waals surface area contributed by atoms with Crippen molar-refractivity contribution in [3.05, 3.63) is 35.9 Å². The molecule has 0 radical (unpaired) electrons. The Morgan fingerprint density at radius 1 is 0.671 bits per heavy atom. The molecule has 0 aliphatic carbocycles. The van der Waals surface area contributed by atoms with Crippen molar-refractivity contribution in [2.45, 2.75) is 166 Å². The van der Waals surface area contributed by atoms with E-state index in [2.05, 4.69) is 42.2 Å². The van der Waals surface area contributed by atoms with Gasteiger partial charge in [0.05, 0.1) is 24.7 Å². The van der Waals surface area contributed by atoms with E-state index in [9.17, 15) is 73.2 Å². The number of carboxylic acid groups (broad SMARTS) is 2. The molecule has 12 atom stereocenters. The van der Waals surface area contributed by atoms with E-state index >= 15 is 0 Å². The third-order valence-corrected chi connectivity index (χ3v) is 12.6. The summed E-state index contributed by atoms with van der Waals surface area (Å²) in [5.74, 6) is -12.9. The summed E-state index contributed by atoms with van der Waals surface area (Å²) >= 11 is 0. The number of carbonyl (C=O) groups is 11. The van der Waals surface area contributed by atoms with Gasteiger partial charge in [0, 0.05) is 25.9 Å². The number of hydrogen-bond donors (Lipinski definition) is 15. The molecule has 0 spiro atoms. The van der Waals surface area contributed by atoms with Crippen molar-refractivity contribution in [3.8, 4) is 0 Å². The zero-order chi connectivity index (χ0) is 57.6. The molecule has 424 valence electrons. The summed E-state index contributed by atoms with van der Waals surface area (Å²) in [5.41, 5.74) is 22.6. The van der Waals surface area contributed by atoms with Crippen LogP contribution in [0.2, 0.25) is 0 Å². The minimum absolute atomic E-state index is 0.0248. The number of nitrogens with one attached hydrogen (secondary N) is 7. The standard InChI is InChI=1S/C48H77N13O15/c1-7-24(4)36(58-41(69)31(22-34(65)66)57-45(73)38(26(6)63)60-43(71)35(50)23(2)3)46(74)61-20-12-16-32(61)42(70)59-37(25(5)62)44(72)54-28(15-11-19-53-48(51)52)39(67)56-30(21-27-13-9-8-10-14-27)40(68)55-29(47(75)76)17-18-33(49)64/h8-10,13-14,23-26,28-32,35-38,62-63H,7,11-12,15-22,50H2,1-6H3,(H2,49,64)(H,54,72)(H,55,68)(H,56,67)(H,57,73)(H,58,69)(H,59,70)(H,60,71)(H,65,66)(H,75,76)(H4,51,52,53)/t24-,25+,26+,28-,29-,30-,31-,32-,35-,36-,37-,38-/m0/s1. The SMILES string of the molecule is CC[C@H](C)[C@H](NC(=O)[C@H](CC(=O)O)NC(=O)[C@@H](NC(=O)[C@@H](N)C(C)C)[C@@H](C)O)C(=O)N1CCC[C@H]1C(=O)N[C@H](C(=O)N[C@@H](CCCN=C(N)N)C(=O)N[C@@H](Cc1ccccc1)C(=O)N[C@@H](CCC(N)=O)C(=O)O)[C@@H](C)O. The molecule has 1 aliphatic rings. The Morgan fingerprint density at radius 2 is 1.20 bits per heavy atom. The first-order chi connectivity index (χ1) is 35.6. The molecule has 0 bridgehead atoms. The van der Waals surface area contributed by atoms with Crippen LogP contribution in [0.4, 0.5) is 0 Å². The van der Waals surface area contributed by atoms with Crippen molar-refractivity contribution in [1.29, 1.82) is 0 Å². The Hall–Kier alpha value is -7.46. The number of primary amides is 1. The van der Waals surface area contributed by atoms with E-state index in [1.165, 1.54) is 13.8 Å². The molecule has 2 rings (SSSR count). The Kier molecular flexibility index (Phi) is 26.7. The van der Waals surface area contributed by atoms with Crippen LogP contribution in [0.25, 0.3) is 0 Å². The van der Waals surface area contributed by atoms with E-state index in [4.69, 9.17) is 22.9 Å². The van der Waals surface area contributed by atoms with Crippen LogP contribution in [-0.2, 0) is 59.2 Å². The molecule has 1 fully saturated rings. The zero-order valence-electron chi connectivity index (χ0n) is 43.7. The summed E-state index contributed by atoms with van der Waals surface area (Å²) in [6.07, 6.45) is -4.59. The summed E-state index contributed by atoms with van der Waals surface area (Å²) in [7, 11) is 0. The predicted octanol–water partition coefficient (Wildman–Crippen LogP) is -4.72. The van der Waals surface area contributed by atoms with Gasteiger partial charge in [-0.05, 0) is 63.4 Å². The van der Waals surface area contributed by atoms with Gasteiger partial charge in [0.15, 0.2) is 5.96 Å². The number of guanidine groups is 1. The lowest BCUT2D eigenvalue weighted by atomic mass is 9.96. The van der Waals surface area contributed by atoms with Gasteiger partial charge in [-0.25, -0.2) is 4.79 Å². The lowest BCUT2D eigenvalue weighted by Crippen LogP contribution is -2.62. The molecule has 1 saturated heterocycles. The van der Waals surface area contributed by atoms with Crippen LogP contribution >= 0.6 is 0 Å². The van der Waals surface area contributed by atoms with Gasteiger partial charge in [0.25, 0.3) is 0 Å². The van der Waals surface area contributed by atoms with Crippen LogP contribution in [0.5, 0.6) is 0 Å². The predicted molar refractivity (Wildman–Crippen MR) is 272 cm³/mol. The summed E-state index contributed by atoms with van der Waals surface area (Å²) in [5, 5.41) is 57.6. The lowest BCUT2D eigenvalue weighted by Gasteiger charge is -2.33. The Balaban J connectivity index is 2.42. The first-order valence-electron chi connectivity index (χ1n) is 25.0. The average Bonchev–Trinajstić information content (AvgIpc) is 3.85. The van der Waals surface area contributed by atoms with Crippen molar-refractivity contribution in [2.75, 3.05) is 13.1 Å². The summed E-state index contributed by atoms with van der Waals surface area (Å²) in [6.45, 7) is 8.89. The molecule has 28 nitrogen and oxygen atoms in total. The van der Waals surface area contributed by atoms with Crippen LogP contribution in [-0.4, -0.2) is 176 Å². The van der Waals surface area contributed by atoms with Gasteiger partial charge in [-0.15, -0.1) is 0 Å². The quantitative estimate of drug-likeness (QED) is 0.0183. The van der Waals surface area contributed by atoms with E-state index in [-0.39, 0.29) is 76.3 Å². The third kappa shape index (κ3) is 21.0. The smallest absolute Gasteiger partial charge is 0.326 e. The van der Waals surface area contributed by atoms with E-state index in [1.807, 2.05) is 0 Å². The second-order valence-corrected chi connectivity index (χ2v) is 19.1. The number of hydrogen-bond acceptors (Lipinski definition) is 15. The molecule has 1 aromatic carbocycles. The summed E-state index contributed by atoms with van der Waals surface area (Å²) in [4.78, 5) is 151. The van der Waals surface area contributed by atoms with Gasteiger partial charge in [-0.2, -0.15) is 0 Å². The van der Waals surface area contributed by atoms with E-state index < -0.39 is 144 Å². The largest absolute Gasteiger partial charge is 0.481 e. The number of benzene rings is 1. The molecule has 0 unspecified atom stereocenters. The number of carbonyl (C=O) groups excluding carboxylic acids is 9. The molecular formula is C48H77N13O15. The number of aliphatic carboxylic acids is 2. The number of amides is 9. The van der Waals surface area contributed by atoms with Crippen molar-refractivity contribution >= 4 is 71.1 Å². The molecule has 0 aromatic heterocycles. The number of nitrogens with two attached hydrogens (primary N) is 4. The first-order valence-corrected chi connectivity index (χ1v) is 25.0. The van der Waals surface area contributed by atoms with Crippen LogP contribution in [0.15, 0.2) is 35.3 Å². The Morgan fingerprint density at radius 3 is 1.72 bits per heavy atom. The molecule has 76 heavy (non-hydrogen) atoms. The van der Waals surface area contributed by atoms with Gasteiger partial charge in [-0.3, -0.25) is 52.9 Å². The van der Waals surface area contributed by atoms with Crippen molar-refractivity contribution in [1.82, 2.24) is 42.1 Å². The normalized spacial score (nSPS) is 17.5. The van der Waals surface area contributed by atoms with Gasteiger partial charge in [0.1, 0.15) is 48.3 Å². The van der Waals surface area contributed by atoms with Crippen molar-refractivity contribution < 1.29 is 73.2 Å². The van der Waals surface area contributed by atoms with E-state index in [0.29, 0.717) is 5.56 Å². The second-order valence-electron chi connectivity index (χ2n) is 19.1. The second kappa shape index (κ2) is 31.4. The topological polar surface area (TPSA) is 473 Å². The number of aliphatic imine (C=N–C) groups is 1. The fraction of sp³-hybridized carbons (Fsp3) is 0.625. The number of carboxylic acids is 2. The van der Waals surface area contributed by atoms with E-state index in [1.54, 1.807) is 58.0 Å². The molecule has 0 saturated carbocycles. The highest BCUT2D eigenvalue weighted by molar-refractivity contribution is 5.99. The molecule has 19 N–H and O–H groups in total. The number of likely N-dealkylation sites (tertiary alicyclic amines) is 1. The van der Waals surface area contributed by atoms with E-state index in [0.717, 1.165) is 4.90 Å². The van der Waals surface area contributed by atoms with Crippen LogP contribution < -0.4 is 60.2 Å². The number of rotatable bonds is 32. The minimum atomic E-state index is -1.84. The lowest BCUT2D eigenvalue weighted by molar-refractivity contribution is -0.145. The van der Waals surface area contributed by atoms with Crippen molar-refractivity contribution in [3.63, 3.8) is 0 Å². The highest BCUT2D eigenvalue weighted by atomic mass is 16.4. The molecule has 28 heteroatoms. The van der Waals surface area contributed by atoms with Gasteiger partial charge < -0.3 is 85.5 Å². The van der Waals surface area contributed by atoms with Crippen LogP contribution in [0.3, 0.4) is 0 Å². The maximum Gasteiger partial charge on any atom is 0.326 e. The van der Waals surface area contributed by atoms with Crippen LogP contribution in [0.1, 0.15) is 98.5 Å². The minimum Gasteiger partial charge on any atom is -0.481 e. The molecule has 1 heterocycles. The molecule has 1 aliphatic heterocycles. The third-order valence-electron chi connectivity index (χ3n) is 12.6.